The fourth-order valence-electron chi connectivity index (χ4n) is 3.09. The second-order valence-electron chi connectivity index (χ2n) is 5.78. The fourth-order valence-corrected chi connectivity index (χ4v) is 3.09. The molecular formula is C19H23NO. The van der Waals surface area contributed by atoms with Gasteiger partial charge in [-0.05, 0) is 54.5 Å². The summed E-state index contributed by atoms with van der Waals surface area (Å²) in [6.45, 7) is 1.56. The first-order valence-corrected chi connectivity index (χ1v) is 7.86. The summed E-state index contributed by atoms with van der Waals surface area (Å²) >= 11 is 0. The lowest BCUT2D eigenvalue weighted by Gasteiger charge is -2.15. The Morgan fingerprint density at radius 1 is 1.10 bits per heavy atom. The molecule has 0 amide bonds. The average molecular weight is 281 g/mol. The first kappa shape index (κ1) is 14.2. The highest BCUT2D eigenvalue weighted by atomic mass is 16.5. The van der Waals surface area contributed by atoms with Crippen LogP contribution in [0.1, 0.15) is 35.4 Å². The third-order valence-electron chi connectivity index (χ3n) is 4.33. The van der Waals surface area contributed by atoms with Crippen molar-refractivity contribution in [3.8, 4) is 5.75 Å². The zero-order valence-corrected chi connectivity index (χ0v) is 12.4. The summed E-state index contributed by atoms with van der Waals surface area (Å²) in [5.41, 5.74) is 10.1. The standard InChI is InChI=1S/C19H23NO/c20-14-18(16-6-2-1-3-7-16)8-4-5-15-9-10-19-17(13-15)11-12-21-19/h1-3,6-7,9-10,13,18H,4-5,8,11-12,14,20H2. The number of ether oxygens (including phenoxy) is 1. The Labute approximate surface area is 126 Å². The van der Waals surface area contributed by atoms with Crippen LogP contribution in [0.25, 0.3) is 0 Å². The normalized spacial score (nSPS) is 14.5. The van der Waals surface area contributed by atoms with Crippen LogP contribution >= 0.6 is 0 Å². The van der Waals surface area contributed by atoms with E-state index in [1.54, 1.807) is 0 Å². The molecule has 3 rings (SSSR count). The smallest absolute Gasteiger partial charge is 0.122 e. The van der Waals surface area contributed by atoms with E-state index in [9.17, 15) is 0 Å². The molecule has 2 N–H and O–H groups in total. The van der Waals surface area contributed by atoms with Crippen LogP contribution in [0.4, 0.5) is 0 Å². The molecule has 2 heteroatoms. The van der Waals surface area contributed by atoms with Crippen molar-refractivity contribution >= 4 is 0 Å². The van der Waals surface area contributed by atoms with Crippen LogP contribution in [0, 0.1) is 0 Å². The van der Waals surface area contributed by atoms with Crippen LogP contribution in [0.15, 0.2) is 48.5 Å². The first-order chi connectivity index (χ1) is 10.4. The van der Waals surface area contributed by atoms with Crippen LogP contribution in [0.5, 0.6) is 5.75 Å². The molecule has 0 aliphatic carbocycles. The largest absolute Gasteiger partial charge is 0.493 e. The van der Waals surface area contributed by atoms with Crippen molar-refractivity contribution < 1.29 is 4.74 Å². The van der Waals surface area contributed by atoms with E-state index in [1.807, 2.05) is 0 Å². The molecule has 2 aromatic carbocycles. The predicted octanol–water partition coefficient (Wildman–Crippen LogP) is 3.69. The van der Waals surface area contributed by atoms with Crippen molar-refractivity contribution in [1.82, 2.24) is 0 Å². The molecule has 0 saturated heterocycles. The van der Waals surface area contributed by atoms with Gasteiger partial charge in [-0.2, -0.15) is 0 Å². The van der Waals surface area contributed by atoms with Gasteiger partial charge in [0.1, 0.15) is 5.75 Å². The summed E-state index contributed by atoms with van der Waals surface area (Å²) in [6.07, 6.45) is 4.50. The molecule has 0 fully saturated rings. The van der Waals surface area contributed by atoms with Crippen LogP contribution < -0.4 is 10.5 Å². The van der Waals surface area contributed by atoms with Crippen LogP contribution in [0.3, 0.4) is 0 Å². The predicted molar refractivity (Wildman–Crippen MR) is 86.8 cm³/mol. The number of nitrogens with two attached hydrogens (primary N) is 1. The first-order valence-electron chi connectivity index (χ1n) is 7.86. The van der Waals surface area contributed by atoms with E-state index in [0.29, 0.717) is 5.92 Å². The lowest BCUT2D eigenvalue weighted by Crippen LogP contribution is -2.12. The third kappa shape index (κ3) is 3.45. The van der Waals surface area contributed by atoms with Gasteiger partial charge in [-0.3, -0.25) is 0 Å². The van der Waals surface area contributed by atoms with E-state index in [1.165, 1.54) is 23.1 Å². The SMILES string of the molecule is NCC(CCCc1ccc2c(c1)CCO2)c1ccccc1. The summed E-state index contributed by atoms with van der Waals surface area (Å²) < 4.78 is 5.55. The van der Waals surface area contributed by atoms with Gasteiger partial charge in [0.05, 0.1) is 6.61 Å². The Balaban J connectivity index is 1.55. The lowest BCUT2D eigenvalue weighted by atomic mass is 9.92. The molecule has 0 bridgehead atoms. The molecule has 1 aliphatic rings. The number of rotatable bonds is 6. The topological polar surface area (TPSA) is 35.2 Å². The minimum Gasteiger partial charge on any atom is -0.493 e. The molecule has 21 heavy (non-hydrogen) atoms. The van der Waals surface area contributed by atoms with Crippen molar-refractivity contribution in [3.63, 3.8) is 0 Å². The highest BCUT2D eigenvalue weighted by Crippen LogP contribution is 2.27. The Morgan fingerprint density at radius 2 is 1.95 bits per heavy atom. The van der Waals surface area contributed by atoms with Crippen molar-refractivity contribution in [2.75, 3.05) is 13.2 Å². The molecule has 0 saturated carbocycles. The zero-order valence-electron chi connectivity index (χ0n) is 12.4. The Morgan fingerprint density at radius 3 is 2.76 bits per heavy atom. The summed E-state index contributed by atoms with van der Waals surface area (Å²) in [6, 6.07) is 17.2. The maximum Gasteiger partial charge on any atom is 0.122 e. The fraction of sp³-hybridized carbons (Fsp3) is 0.368. The van der Waals surface area contributed by atoms with Crippen molar-refractivity contribution in [2.24, 2.45) is 5.73 Å². The van der Waals surface area contributed by atoms with Gasteiger partial charge < -0.3 is 10.5 Å². The minimum atomic E-state index is 0.476. The molecule has 1 atom stereocenters. The summed E-state index contributed by atoms with van der Waals surface area (Å²) in [4.78, 5) is 0. The molecular weight excluding hydrogens is 258 g/mol. The average Bonchev–Trinajstić information content (AvgIpc) is 3.00. The summed E-state index contributed by atoms with van der Waals surface area (Å²) in [7, 11) is 0. The molecule has 1 unspecified atom stereocenters. The number of aryl methyl sites for hydroxylation is 1. The van der Waals surface area contributed by atoms with E-state index in [2.05, 4.69) is 48.5 Å². The number of hydrogen-bond acceptors (Lipinski definition) is 2. The van der Waals surface area contributed by atoms with Gasteiger partial charge in [-0.15, -0.1) is 0 Å². The molecule has 1 heterocycles. The van der Waals surface area contributed by atoms with Crippen molar-refractivity contribution in [1.29, 1.82) is 0 Å². The van der Waals surface area contributed by atoms with E-state index in [-0.39, 0.29) is 0 Å². The second-order valence-corrected chi connectivity index (χ2v) is 5.78. The quantitative estimate of drug-likeness (QED) is 0.876. The number of fused-ring (bicyclic) bond motifs is 1. The zero-order chi connectivity index (χ0) is 14.5. The number of benzene rings is 2. The Hall–Kier alpha value is -1.80. The van der Waals surface area contributed by atoms with Gasteiger partial charge in [0.15, 0.2) is 0 Å². The molecule has 1 aliphatic heterocycles. The van der Waals surface area contributed by atoms with E-state index in [4.69, 9.17) is 10.5 Å². The monoisotopic (exact) mass is 281 g/mol. The van der Waals surface area contributed by atoms with Crippen molar-refractivity contribution in [3.05, 3.63) is 65.2 Å². The van der Waals surface area contributed by atoms with Crippen LogP contribution in [-0.2, 0) is 12.8 Å². The molecule has 0 spiro atoms. The van der Waals surface area contributed by atoms with Crippen molar-refractivity contribution in [2.45, 2.75) is 31.6 Å². The number of hydrogen-bond donors (Lipinski definition) is 1. The van der Waals surface area contributed by atoms with Gasteiger partial charge in [0.25, 0.3) is 0 Å². The van der Waals surface area contributed by atoms with Gasteiger partial charge in [-0.25, -0.2) is 0 Å². The van der Waals surface area contributed by atoms with Gasteiger partial charge >= 0.3 is 0 Å². The molecule has 2 nitrogen and oxygen atoms in total. The highest BCUT2D eigenvalue weighted by molar-refractivity contribution is 5.39. The van der Waals surface area contributed by atoms with Crippen LogP contribution in [-0.4, -0.2) is 13.2 Å². The second kappa shape index (κ2) is 6.77. The highest BCUT2D eigenvalue weighted by Gasteiger charge is 2.13. The maximum atomic E-state index is 5.94. The molecule has 0 radical (unpaired) electrons. The summed E-state index contributed by atoms with van der Waals surface area (Å²) in [5.74, 6) is 1.55. The Kier molecular flexibility index (Phi) is 4.56. The van der Waals surface area contributed by atoms with E-state index >= 15 is 0 Å². The Bertz CT molecular complexity index is 579. The molecule has 0 aromatic heterocycles. The van der Waals surface area contributed by atoms with Gasteiger partial charge in [-0.1, -0.05) is 42.5 Å². The summed E-state index contributed by atoms with van der Waals surface area (Å²) in [5, 5.41) is 0. The maximum absolute atomic E-state index is 5.94. The minimum absolute atomic E-state index is 0.476. The lowest BCUT2D eigenvalue weighted by molar-refractivity contribution is 0.357. The van der Waals surface area contributed by atoms with E-state index < -0.39 is 0 Å². The molecule has 110 valence electrons. The van der Waals surface area contributed by atoms with Gasteiger partial charge in [0, 0.05) is 6.42 Å². The van der Waals surface area contributed by atoms with Gasteiger partial charge in [0.2, 0.25) is 0 Å². The molecule has 2 aromatic rings. The third-order valence-corrected chi connectivity index (χ3v) is 4.33. The van der Waals surface area contributed by atoms with Crippen LogP contribution in [0.2, 0.25) is 0 Å². The van der Waals surface area contributed by atoms with E-state index in [0.717, 1.165) is 38.2 Å².